The van der Waals surface area contributed by atoms with Gasteiger partial charge in [-0.05, 0) is 51.8 Å². The Morgan fingerprint density at radius 3 is 3.00 bits per heavy atom. The molecule has 1 aromatic rings. The van der Waals surface area contributed by atoms with Crippen molar-refractivity contribution in [1.82, 2.24) is 9.47 Å². The van der Waals surface area contributed by atoms with Gasteiger partial charge in [-0.15, -0.1) is 0 Å². The van der Waals surface area contributed by atoms with Crippen molar-refractivity contribution in [3.05, 3.63) is 23.5 Å². The molecule has 0 aromatic carbocycles. The number of aliphatic hydroxyl groups excluding tert-OH is 1. The Kier molecular flexibility index (Phi) is 3.44. The fourth-order valence-electron chi connectivity index (χ4n) is 3.50. The Balaban J connectivity index is 1.76. The lowest BCUT2D eigenvalue weighted by molar-refractivity contribution is 0.151. The Bertz CT molecular complexity index is 413. The van der Waals surface area contributed by atoms with Crippen LogP contribution in [0.5, 0.6) is 0 Å². The molecular weight excluding hydrogens is 224 g/mol. The summed E-state index contributed by atoms with van der Waals surface area (Å²) in [4.78, 5) is 2.50. The van der Waals surface area contributed by atoms with Crippen LogP contribution >= 0.6 is 0 Å². The van der Waals surface area contributed by atoms with Crippen LogP contribution in [-0.4, -0.2) is 34.2 Å². The number of likely N-dealkylation sites (N-methyl/N-ethyl adjacent to an activating group) is 1. The number of piperidine rings is 1. The van der Waals surface area contributed by atoms with Crippen LogP contribution in [0.25, 0.3) is 0 Å². The minimum atomic E-state index is -0.223. The Morgan fingerprint density at radius 2 is 2.17 bits per heavy atom. The van der Waals surface area contributed by atoms with Gasteiger partial charge in [-0.2, -0.15) is 0 Å². The Morgan fingerprint density at radius 1 is 1.28 bits per heavy atom. The molecule has 0 spiro atoms. The monoisotopic (exact) mass is 248 g/mol. The molecule has 18 heavy (non-hydrogen) atoms. The Labute approximate surface area is 109 Å². The average molecular weight is 248 g/mol. The molecule has 1 aliphatic heterocycles. The fourth-order valence-corrected chi connectivity index (χ4v) is 3.50. The zero-order chi connectivity index (χ0) is 12.5. The number of hydrogen-bond acceptors (Lipinski definition) is 2. The molecule has 2 unspecified atom stereocenters. The second-order valence-electron chi connectivity index (χ2n) is 5.91. The molecule has 100 valence electrons. The first-order valence-corrected chi connectivity index (χ1v) is 7.32. The smallest absolute Gasteiger partial charge is 0.0807 e. The third-order valence-electron chi connectivity index (χ3n) is 4.69. The maximum absolute atomic E-state index is 10.0. The van der Waals surface area contributed by atoms with E-state index in [4.69, 9.17) is 0 Å². The highest BCUT2D eigenvalue weighted by molar-refractivity contribution is 5.27. The third-order valence-corrected chi connectivity index (χ3v) is 4.69. The van der Waals surface area contributed by atoms with E-state index in [0.717, 1.165) is 25.8 Å². The number of aliphatic hydroxyl groups is 1. The van der Waals surface area contributed by atoms with Crippen molar-refractivity contribution < 1.29 is 5.11 Å². The molecule has 0 radical (unpaired) electrons. The van der Waals surface area contributed by atoms with Gasteiger partial charge in [0.05, 0.1) is 6.10 Å². The number of rotatable bonds is 2. The Hall–Kier alpha value is -0.800. The molecule has 2 heterocycles. The van der Waals surface area contributed by atoms with Crippen LogP contribution in [0.3, 0.4) is 0 Å². The molecule has 0 saturated carbocycles. The summed E-state index contributed by atoms with van der Waals surface area (Å²) in [6.45, 7) is 2.33. The lowest BCUT2D eigenvalue weighted by Crippen LogP contribution is -2.39. The maximum Gasteiger partial charge on any atom is 0.0807 e. The standard InChI is InChI=1S/C15H24N2O/c1-16-9-3-2-5-12(16)11-17-10-8-13-14(17)6-4-7-15(13)18/h8,10,12,15,18H,2-7,9,11H2,1H3. The van der Waals surface area contributed by atoms with Crippen molar-refractivity contribution in [3.63, 3.8) is 0 Å². The summed E-state index contributed by atoms with van der Waals surface area (Å²) in [5, 5.41) is 10.0. The highest BCUT2D eigenvalue weighted by Gasteiger charge is 2.24. The van der Waals surface area contributed by atoms with Crippen molar-refractivity contribution in [2.24, 2.45) is 0 Å². The van der Waals surface area contributed by atoms with E-state index in [1.54, 1.807) is 0 Å². The first kappa shape index (κ1) is 12.2. The molecular formula is C15H24N2O. The molecule has 1 saturated heterocycles. The molecule has 3 nitrogen and oxygen atoms in total. The number of likely N-dealkylation sites (tertiary alicyclic amines) is 1. The molecule has 2 atom stereocenters. The minimum absolute atomic E-state index is 0.223. The number of nitrogens with zero attached hydrogens (tertiary/aromatic N) is 2. The lowest BCUT2D eigenvalue weighted by Gasteiger charge is -2.33. The highest BCUT2D eigenvalue weighted by atomic mass is 16.3. The zero-order valence-corrected chi connectivity index (χ0v) is 11.3. The van der Waals surface area contributed by atoms with E-state index in [-0.39, 0.29) is 6.10 Å². The fraction of sp³-hybridized carbons (Fsp3) is 0.733. The van der Waals surface area contributed by atoms with Crippen LogP contribution in [0.2, 0.25) is 0 Å². The summed E-state index contributed by atoms with van der Waals surface area (Å²) in [5.41, 5.74) is 2.56. The average Bonchev–Trinajstić information content (AvgIpc) is 2.77. The van der Waals surface area contributed by atoms with E-state index in [1.807, 2.05) is 0 Å². The van der Waals surface area contributed by atoms with Gasteiger partial charge >= 0.3 is 0 Å². The molecule has 0 amide bonds. The second-order valence-corrected chi connectivity index (χ2v) is 5.91. The van der Waals surface area contributed by atoms with Crippen molar-refractivity contribution in [1.29, 1.82) is 0 Å². The lowest BCUT2D eigenvalue weighted by atomic mass is 9.95. The minimum Gasteiger partial charge on any atom is -0.388 e. The summed E-state index contributed by atoms with van der Waals surface area (Å²) < 4.78 is 2.39. The predicted octanol–water partition coefficient (Wildman–Crippen LogP) is 2.34. The highest BCUT2D eigenvalue weighted by Crippen LogP contribution is 2.31. The van der Waals surface area contributed by atoms with Crippen molar-refractivity contribution >= 4 is 0 Å². The van der Waals surface area contributed by atoms with Gasteiger partial charge in [0.15, 0.2) is 0 Å². The van der Waals surface area contributed by atoms with Gasteiger partial charge in [0, 0.05) is 30.0 Å². The zero-order valence-electron chi connectivity index (χ0n) is 11.3. The summed E-state index contributed by atoms with van der Waals surface area (Å²) in [6.07, 6.45) is 9.16. The van der Waals surface area contributed by atoms with Gasteiger partial charge in [-0.25, -0.2) is 0 Å². The van der Waals surface area contributed by atoms with Crippen molar-refractivity contribution in [2.75, 3.05) is 13.6 Å². The molecule has 1 aromatic heterocycles. The van der Waals surface area contributed by atoms with Crippen LogP contribution in [0, 0.1) is 0 Å². The first-order valence-electron chi connectivity index (χ1n) is 7.32. The van der Waals surface area contributed by atoms with E-state index >= 15 is 0 Å². The number of fused-ring (bicyclic) bond motifs is 1. The topological polar surface area (TPSA) is 28.4 Å². The van der Waals surface area contributed by atoms with E-state index in [2.05, 4.69) is 28.8 Å². The van der Waals surface area contributed by atoms with Crippen LogP contribution in [0.4, 0.5) is 0 Å². The molecule has 1 aliphatic carbocycles. The van der Waals surface area contributed by atoms with Gasteiger partial charge in [0.1, 0.15) is 0 Å². The SMILES string of the molecule is CN1CCCCC1Cn1ccc2c1CCCC2O. The molecule has 3 rings (SSSR count). The normalized spacial score (nSPS) is 29.2. The molecule has 3 heteroatoms. The van der Waals surface area contributed by atoms with E-state index in [1.165, 1.54) is 37.1 Å². The number of aromatic nitrogens is 1. The van der Waals surface area contributed by atoms with Gasteiger partial charge in [-0.3, -0.25) is 0 Å². The molecule has 1 fully saturated rings. The van der Waals surface area contributed by atoms with E-state index < -0.39 is 0 Å². The summed E-state index contributed by atoms with van der Waals surface area (Å²) in [5.74, 6) is 0. The van der Waals surface area contributed by atoms with E-state index in [9.17, 15) is 5.11 Å². The summed E-state index contributed by atoms with van der Waals surface area (Å²) in [6, 6.07) is 2.80. The van der Waals surface area contributed by atoms with Gasteiger partial charge < -0.3 is 14.6 Å². The molecule has 2 aliphatic rings. The maximum atomic E-state index is 10.0. The summed E-state index contributed by atoms with van der Waals surface area (Å²) in [7, 11) is 2.24. The largest absolute Gasteiger partial charge is 0.388 e. The van der Waals surface area contributed by atoms with Crippen molar-refractivity contribution in [2.45, 2.75) is 57.2 Å². The van der Waals surface area contributed by atoms with Crippen LogP contribution in [0.1, 0.15) is 49.5 Å². The van der Waals surface area contributed by atoms with E-state index in [0.29, 0.717) is 6.04 Å². The molecule has 1 N–H and O–H groups in total. The second kappa shape index (κ2) is 5.06. The quantitative estimate of drug-likeness (QED) is 0.870. The first-order chi connectivity index (χ1) is 8.75. The van der Waals surface area contributed by atoms with Crippen LogP contribution in [0.15, 0.2) is 12.3 Å². The van der Waals surface area contributed by atoms with Crippen LogP contribution < -0.4 is 0 Å². The number of hydrogen-bond donors (Lipinski definition) is 1. The van der Waals surface area contributed by atoms with Gasteiger partial charge in [0.25, 0.3) is 0 Å². The summed E-state index contributed by atoms with van der Waals surface area (Å²) >= 11 is 0. The van der Waals surface area contributed by atoms with Gasteiger partial charge in [0.2, 0.25) is 0 Å². The van der Waals surface area contributed by atoms with Gasteiger partial charge in [-0.1, -0.05) is 6.42 Å². The van der Waals surface area contributed by atoms with Crippen molar-refractivity contribution in [3.8, 4) is 0 Å². The van der Waals surface area contributed by atoms with Crippen LogP contribution in [-0.2, 0) is 13.0 Å². The molecule has 0 bridgehead atoms. The third kappa shape index (κ3) is 2.21. The predicted molar refractivity (Wildman–Crippen MR) is 72.6 cm³/mol.